The molecule has 1 amide bonds. The van der Waals surface area contributed by atoms with Gasteiger partial charge in [-0.25, -0.2) is 0 Å². The minimum Gasteiger partial charge on any atom is -0.354 e. The number of hydrogen-bond donors (Lipinski definition) is 1. The molecule has 4 aliphatic carbocycles. The van der Waals surface area contributed by atoms with Gasteiger partial charge < -0.3 is 10.2 Å². The normalized spacial score (nSPS) is 36.3. The summed E-state index contributed by atoms with van der Waals surface area (Å²) in [6.07, 6.45) is 6.34. The zero-order valence-corrected chi connectivity index (χ0v) is 17.1. The first-order valence-electron chi connectivity index (χ1n) is 9.68. The van der Waals surface area contributed by atoms with Gasteiger partial charge in [-0.1, -0.05) is 29.8 Å². The van der Waals surface area contributed by atoms with Gasteiger partial charge in [0.2, 0.25) is 5.91 Å². The third-order valence-corrected chi connectivity index (χ3v) is 7.60. The summed E-state index contributed by atoms with van der Waals surface area (Å²) in [5.74, 6) is 1.47. The van der Waals surface area contributed by atoms with Crippen molar-refractivity contribution in [1.82, 2.24) is 10.2 Å². The Hall–Kier alpha value is -0.770. The highest BCUT2D eigenvalue weighted by Crippen LogP contribution is 2.63. The second-order valence-electron chi connectivity index (χ2n) is 9.10. The molecule has 4 fully saturated rings. The van der Waals surface area contributed by atoms with E-state index >= 15 is 0 Å². The zero-order chi connectivity index (χ0) is 18.5. The van der Waals surface area contributed by atoms with Gasteiger partial charge in [0.15, 0.2) is 0 Å². The van der Waals surface area contributed by atoms with Gasteiger partial charge in [0.1, 0.15) is 0 Å². The fourth-order valence-corrected chi connectivity index (χ4v) is 7.06. The molecular weight excluding hydrogens is 367 g/mol. The molecule has 0 radical (unpaired) electrons. The van der Waals surface area contributed by atoms with E-state index in [9.17, 15) is 4.79 Å². The molecule has 0 spiro atoms. The molecule has 0 saturated heterocycles. The van der Waals surface area contributed by atoms with E-state index in [2.05, 4.69) is 10.2 Å². The summed E-state index contributed by atoms with van der Waals surface area (Å²) in [7, 11) is 4.05. The highest BCUT2D eigenvalue weighted by Gasteiger charge is 2.60. The first-order chi connectivity index (χ1) is 12.3. The molecule has 142 valence electrons. The monoisotopic (exact) mass is 394 g/mol. The maximum Gasteiger partial charge on any atom is 0.226 e. The van der Waals surface area contributed by atoms with Crippen LogP contribution in [0.25, 0.3) is 0 Å². The van der Waals surface area contributed by atoms with Crippen LogP contribution in [-0.4, -0.2) is 36.3 Å². The number of alkyl halides is 1. The molecule has 4 bridgehead atoms. The lowest BCUT2D eigenvalue weighted by atomic mass is 9.49. The Morgan fingerprint density at radius 1 is 1.23 bits per heavy atom. The van der Waals surface area contributed by atoms with Crippen LogP contribution in [0.5, 0.6) is 0 Å². The predicted octanol–water partition coefficient (Wildman–Crippen LogP) is 4.64. The van der Waals surface area contributed by atoms with E-state index in [-0.39, 0.29) is 22.2 Å². The number of nitrogens with one attached hydrogen (secondary N) is 1. The average molecular weight is 395 g/mol. The maximum atomic E-state index is 13.3. The fourth-order valence-electron chi connectivity index (χ4n) is 6.11. The Morgan fingerprint density at radius 2 is 1.88 bits per heavy atom. The molecule has 0 unspecified atom stereocenters. The summed E-state index contributed by atoms with van der Waals surface area (Å²) < 4.78 is 0. The molecular formula is C21H28Cl2N2O. The summed E-state index contributed by atoms with van der Waals surface area (Å²) in [5.41, 5.74) is 0.808. The van der Waals surface area contributed by atoms with Crippen LogP contribution in [0.3, 0.4) is 0 Å². The van der Waals surface area contributed by atoms with Gasteiger partial charge >= 0.3 is 0 Å². The standard InChI is InChI=1S/C21H28Cl2N2O/c1-25(2)18(16-5-3-4-6-17(16)22)12-24-19(26)20-8-14-7-15(9-20)11-21(23,10-14)13-20/h3-6,14-15,18H,7-13H2,1-2H3,(H,24,26)/t14-,15-,18+,20?,21?/m1/s1. The summed E-state index contributed by atoms with van der Waals surface area (Å²) in [5, 5.41) is 4.01. The van der Waals surface area contributed by atoms with E-state index in [4.69, 9.17) is 23.2 Å². The Morgan fingerprint density at radius 3 is 2.46 bits per heavy atom. The van der Waals surface area contributed by atoms with E-state index < -0.39 is 0 Å². The van der Waals surface area contributed by atoms with Gasteiger partial charge in [-0.3, -0.25) is 4.79 Å². The van der Waals surface area contributed by atoms with E-state index in [1.165, 1.54) is 6.42 Å². The number of benzene rings is 1. The van der Waals surface area contributed by atoms with Crippen molar-refractivity contribution in [1.29, 1.82) is 0 Å². The van der Waals surface area contributed by atoms with Crippen molar-refractivity contribution in [2.45, 2.75) is 49.4 Å². The largest absolute Gasteiger partial charge is 0.354 e. The number of carbonyl (C=O) groups excluding carboxylic acids is 1. The molecule has 1 aromatic rings. The maximum absolute atomic E-state index is 13.3. The Bertz CT molecular complexity index is 691. The first-order valence-corrected chi connectivity index (χ1v) is 10.4. The molecule has 1 aromatic carbocycles. The summed E-state index contributed by atoms with van der Waals surface area (Å²) >= 11 is 13.3. The van der Waals surface area contributed by atoms with Gasteiger partial charge in [-0.05, 0) is 76.1 Å². The predicted molar refractivity (Wildman–Crippen MR) is 107 cm³/mol. The van der Waals surface area contributed by atoms with E-state index in [0.717, 1.165) is 42.7 Å². The van der Waals surface area contributed by atoms with E-state index in [1.807, 2.05) is 38.4 Å². The number of hydrogen-bond acceptors (Lipinski definition) is 2. The van der Waals surface area contributed by atoms with Crippen molar-refractivity contribution in [3.8, 4) is 0 Å². The fraction of sp³-hybridized carbons (Fsp3) is 0.667. The molecule has 5 rings (SSSR count). The average Bonchev–Trinajstić information content (AvgIpc) is 2.53. The van der Waals surface area contributed by atoms with Gasteiger partial charge in [0.05, 0.1) is 11.5 Å². The molecule has 3 nitrogen and oxygen atoms in total. The third kappa shape index (κ3) is 3.27. The lowest BCUT2D eigenvalue weighted by Gasteiger charge is -2.59. The molecule has 4 saturated carbocycles. The summed E-state index contributed by atoms with van der Waals surface area (Å²) in [6, 6.07) is 7.94. The van der Waals surface area contributed by atoms with Gasteiger partial charge in [0, 0.05) is 16.4 Å². The third-order valence-electron chi connectivity index (χ3n) is 6.81. The van der Waals surface area contributed by atoms with Crippen molar-refractivity contribution >= 4 is 29.1 Å². The zero-order valence-electron chi connectivity index (χ0n) is 15.6. The van der Waals surface area contributed by atoms with Crippen LogP contribution in [0, 0.1) is 17.3 Å². The molecule has 1 N–H and O–H groups in total. The summed E-state index contributed by atoms with van der Waals surface area (Å²) in [6.45, 7) is 0.571. The van der Waals surface area contributed by atoms with E-state index in [0.29, 0.717) is 18.4 Å². The number of rotatable bonds is 5. The Labute approximate surface area is 166 Å². The van der Waals surface area contributed by atoms with Crippen LogP contribution in [0.1, 0.15) is 50.1 Å². The van der Waals surface area contributed by atoms with E-state index in [1.54, 1.807) is 0 Å². The van der Waals surface area contributed by atoms with Crippen LogP contribution in [0.4, 0.5) is 0 Å². The summed E-state index contributed by atoms with van der Waals surface area (Å²) in [4.78, 5) is 15.2. The number of nitrogens with zero attached hydrogens (tertiary/aromatic N) is 1. The number of likely N-dealkylation sites (N-methyl/N-ethyl adjacent to an activating group) is 1. The Balaban J connectivity index is 1.49. The molecule has 5 heteroatoms. The molecule has 0 heterocycles. The minimum absolute atomic E-state index is 0.0616. The van der Waals surface area contributed by atoms with Gasteiger partial charge in [0.25, 0.3) is 0 Å². The first kappa shape index (κ1) is 18.6. The van der Waals surface area contributed by atoms with Gasteiger partial charge in [-0.15, -0.1) is 11.6 Å². The van der Waals surface area contributed by atoms with Crippen molar-refractivity contribution < 1.29 is 4.79 Å². The Kier molecular flexibility index (Phi) is 4.78. The molecule has 26 heavy (non-hydrogen) atoms. The SMILES string of the molecule is CN(C)[C@@H](CNC(=O)C12C[C@H]3C[C@@H](CC(Cl)(C3)C1)C2)c1ccccc1Cl. The van der Waals surface area contributed by atoms with Crippen LogP contribution in [-0.2, 0) is 4.79 Å². The minimum atomic E-state index is -0.247. The van der Waals surface area contributed by atoms with Crippen LogP contribution < -0.4 is 5.32 Å². The van der Waals surface area contributed by atoms with Crippen molar-refractivity contribution in [2.24, 2.45) is 17.3 Å². The number of carbonyl (C=O) groups is 1. The van der Waals surface area contributed by atoms with Crippen LogP contribution in [0.15, 0.2) is 24.3 Å². The highest BCUT2D eigenvalue weighted by atomic mass is 35.5. The van der Waals surface area contributed by atoms with Gasteiger partial charge in [-0.2, -0.15) is 0 Å². The molecule has 4 aliphatic rings. The van der Waals surface area contributed by atoms with Crippen molar-refractivity contribution in [3.05, 3.63) is 34.9 Å². The molecule has 0 aliphatic heterocycles. The lowest BCUT2D eigenvalue weighted by molar-refractivity contribution is -0.144. The second kappa shape index (κ2) is 6.68. The number of halogens is 2. The lowest BCUT2D eigenvalue weighted by Crippen LogP contribution is -2.58. The second-order valence-corrected chi connectivity index (χ2v) is 10.3. The smallest absolute Gasteiger partial charge is 0.226 e. The quantitative estimate of drug-likeness (QED) is 0.737. The molecule has 3 atom stereocenters. The van der Waals surface area contributed by atoms with Crippen LogP contribution >= 0.6 is 23.2 Å². The van der Waals surface area contributed by atoms with Crippen molar-refractivity contribution in [3.63, 3.8) is 0 Å². The number of amides is 1. The topological polar surface area (TPSA) is 32.3 Å². The highest BCUT2D eigenvalue weighted by molar-refractivity contribution is 6.31. The molecule has 0 aromatic heterocycles. The van der Waals surface area contributed by atoms with Crippen molar-refractivity contribution in [2.75, 3.05) is 20.6 Å². The van der Waals surface area contributed by atoms with Crippen LogP contribution in [0.2, 0.25) is 5.02 Å².